The molecule has 0 unspecified atom stereocenters. The molecule has 0 saturated carbocycles. The summed E-state index contributed by atoms with van der Waals surface area (Å²) in [6, 6.07) is 6.45. The molecule has 1 aliphatic heterocycles. The van der Waals surface area contributed by atoms with Crippen LogP contribution in [0.5, 0.6) is 0 Å². The van der Waals surface area contributed by atoms with Gasteiger partial charge in [-0.1, -0.05) is 0 Å². The number of piperidine rings is 1. The van der Waals surface area contributed by atoms with E-state index in [1.54, 1.807) is 0 Å². The van der Waals surface area contributed by atoms with E-state index in [0.29, 0.717) is 6.07 Å². The summed E-state index contributed by atoms with van der Waals surface area (Å²) in [6.45, 7) is -0.211. The van der Waals surface area contributed by atoms with Gasteiger partial charge in [-0.2, -0.15) is 4.31 Å². The largest absolute Gasteiger partial charge is 0.243 e. The third-order valence-electron chi connectivity index (χ3n) is 4.46. The highest BCUT2D eigenvalue weighted by atomic mass is 32.2. The van der Waals surface area contributed by atoms with Crippen LogP contribution in [-0.4, -0.2) is 39.5 Å². The zero-order chi connectivity index (χ0) is 19.8. The molecule has 1 heterocycles. The van der Waals surface area contributed by atoms with Crippen LogP contribution in [0.2, 0.25) is 0 Å². The fourth-order valence-corrected chi connectivity index (χ4v) is 6.27. The Labute approximate surface area is 155 Å². The Kier molecular flexibility index (Phi) is 5.33. The van der Waals surface area contributed by atoms with Crippen molar-refractivity contribution in [3.8, 4) is 0 Å². The van der Waals surface area contributed by atoms with Crippen LogP contribution in [0.25, 0.3) is 0 Å². The van der Waals surface area contributed by atoms with Gasteiger partial charge in [-0.25, -0.2) is 30.0 Å². The molecule has 146 valence electrons. The second-order valence-corrected chi connectivity index (χ2v) is 10.4. The zero-order valence-corrected chi connectivity index (χ0v) is 15.6. The van der Waals surface area contributed by atoms with Crippen molar-refractivity contribution in [3.05, 3.63) is 59.9 Å². The van der Waals surface area contributed by atoms with Gasteiger partial charge >= 0.3 is 0 Å². The Balaban J connectivity index is 1.77. The van der Waals surface area contributed by atoms with E-state index in [1.807, 2.05) is 0 Å². The molecule has 0 amide bonds. The summed E-state index contributed by atoms with van der Waals surface area (Å²) in [7, 11) is -7.87. The lowest BCUT2D eigenvalue weighted by Crippen LogP contribution is -2.42. The predicted octanol–water partition coefficient (Wildman–Crippen LogP) is 2.73. The summed E-state index contributed by atoms with van der Waals surface area (Å²) in [5.41, 5.74) is 0. The molecule has 2 aromatic rings. The summed E-state index contributed by atoms with van der Waals surface area (Å²) in [6.07, 6.45) is 0.0491. The van der Waals surface area contributed by atoms with Crippen molar-refractivity contribution in [1.82, 2.24) is 4.31 Å². The summed E-state index contributed by atoms with van der Waals surface area (Å²) in [5.74, 6) is -2.58. The Hall–Kier alpha value is -1.91. The quantitative estimate of drug-likeness (QED) is 0.715. The summed E-state index contributed by atoms with van der Waals surface area (Å²) >= 11 is 0. The van der Waals surface area contributed by atoms with Crippen LogP contribution >= 0.6 is 0 Å². The monoisotopic (exact) mass is 419 g/mol. The van der Waals surface area contributed by atoms with E-state index >= 15 is 0 Å². The summed E-state index contributed by atoms with van der Waals surface area (Å²) < 4.78 is 91.0. The minimum absolute atomic E-state index is 0.0245. The first-order valence-corrected chi connectivity index (χ1v) is 11.0. The molecular weight excluding hydrogens is 403 g/mol. The van der Waals surface area contributed by atoms with Gasteiger partial charge in [0, 0.05) is 19.2 Å². The first kappa shape index (κ1) is 19.8. The number of hydrogen-bond acceptors (Lipinski definition) is 4. The maximum Gasteiger partial charge on any atom is 0.243 e. The van der Waals surface area contributed by atoms with Gasteiger partial charge in [-0.3, -0.25) is 0 Å². The van der Waals surface area contributed by atoms with Crippen molar-refractivity contribution in [1.29, 1.82) is 0 Å². The van der Waals surface area contributed by atoms with Crippen LogP contribution in [-0.2, 0) is 19.9 Å². The molecule has 1 fully saturated rings. The van der Waals surface area contributed by atoms with Gasteiger partial charge in [0.25, 0.3) is 0 Å². The lowest BCUT2D eigenvalue weighted by Gasteiger charge is -2.31. The number of sulfonamides is 1. The molecule has 0 spiro atoms. The SMILES string of the molecule is O=S(=O)(c1ccc(F)cc1)C1CCN(S(=O)(=O)c2cc(F)cc(F)c2)CC1. The Bertz CT molecular complexity index is 1030. The average Bonchev–Trinajstić information content (AvgIpc) is 2.61. The van der Waals surface area contributed by atoms with Gasteiger partial charge < -0.3 is 0 Å². The molecule has 2 aromatic carbocycles. The van der Waals surface area contributed by atoms with E-state index < -0.39 is 47.5 Å². The summed E-state index contributed by atoms with van der Waals surface area (Å²) in [5, 5.41) is -0.821. The lowest BCUT2D eigenvalue weighted by atomic mass is 10.2. The van der Waals surface area contributed by atoms with Crippen LogP contribution < -0.4 is 0 Å². The van der Waals surface area contributed by atoms with E-state index in [2.05, 4.69) is 0 Å². The summed E-state index contributed by atoms with van der Waals surface area (Å²) in [4.78, 5) is -0.544. The van der Waals surface area contributed by atoms with Crippen molar-refractivity contribution in [3.63, 3.8) is 0 Å². The minimum atomic E-state index is -4.14. The third-order valence-corrected chi connectivity index (χ3v) is 8.61. The van der Waals surface area contributed by atoms with Crippen LogP contribution in [0.4, 0.5) is 13.2 Å². The molecular formula is C17H16F3NO4S2. The van der Waals surface area contributed by atoms with Gasteiger partial charge in [0.1, 0.15) is 17.5 Å². The van der Waals surface area contributed by atoms with Crippen molar-refractivity contribution in [2.45, 2.75) is 27.9 Å². The molecule has 27 heavy (non-hydrogen) atoms. The third kappa shape index (κ3) is 4.02. The molecule has 0 aliphatic carbocycles. The first-order valence-electron chi connectivity index (χ1n) is 8.06. The van der Waals surface area contributed by atoms with Crippen molar-refractivity contribution in [2.75, 3.05) is 13.1 Å². The number of hydrogen-bond donors (Lipinski definition) is 0. The van der Waals surface area contributed by atoms with Gasteiger partial charge in [-0.05, 0) is 49.2 Å². The number of sulfone groups is 1. The Morgan fingerprint density at radius 3 is 1.78 bits per heavy atom. The molecule has 5 nitrogen and oxygen atoms in total. The first-order chi connectivity index (χ1) is 12.6. The van der Waals surface area contributed by atoms with E-state index in [1.165, 1.54) is 12.1 Å². The van der Waals surface area contributed by atoms with E-state index in [9.17, 15) is 30.0 Å². The van der Waals surface area contributed by atoms with Crippen LogP contribution in [0, 0.1) is 17.5 Å². The number of rotatable bonds is 4. The standard InChI is InChI=1S/C17H16F3NO4S2/c18-12-1-3-15(4-2-12)26(22,23)16-5-7-21(8-6-16)27(24,25)17-10-13(19)9-14(20)11-17/h1-4,9-11,16H,5-8H2. The van der Waals surface area contributed by atoms with Gasteiger partial charge in [-0.15, -0.1) is 0 Å². The highest BCUT2D eigenvalue weighted by Crippen LogP contribution is 2.28. The number of benzene rings is 2. The van der Waals surface area contributed by atoms with Crippen LogP contribution in [0.1, 0.15) is 12.8 Å². The molecule has 1 saturated heterocycles. The molecule has 0 atom stereocenters. The topological polar surface area (TPSA) is 71.5 Å². The molecule has 1 aliphatic rings. The lowest BCUT2D eigenvalue weighted by molar-refractivity contribution is 0.345. The molecule has 0 radical (unpaired) electrons. The smallest absolute Gasteiger partial charge is 0.223 e. The second kappa shape index (κ2) is 7.25. The highest BCUT2D eigenvalue weighted by Gasteiger charge is 2.36. The molecule has 0 aromatic heterocycles. The zero-order valence-electron chi connectivity index (χ0n) is 14.0. The van der Waals surface area contributed by atoms with E-state index in [4.69, 9.17) is 0 Å². The highest BCUT2D eigenvalue weighted by molar-refractivity contribution is 7.92. The number of halogens is 3. The average molecular weight is 419 g/mol. The fraction of sp³-hybridized carbons (Fsp3) is 0.294. The second-order valence-electron chi connectivity index (χ2n) is 6.21. The molecule has 0 bridgehead atoms. The van der Waals surface area contributed by atoms with Crippen molar-refractivity contribution >= 4 is 19.9 Å². The molecule has 10 heteroatoms. The van der Waals surface area contributed by atoms with Crippen LogP contribution in [0.3, 0.4) is 0 Å². The minimum Gasteiger partial charge on any atom is -0.223 e. The predicted molar refractivity (Wildman–Crippen MR) is 91.7 cm³/mol. The fourth-order valence-electron chi connectivity index (χ4n) is 3.03. The van der Waals surface area contributed by atoms with Crippen molar-refractivity contribution < 1.29 is 30.0 Å². The van der Waals surface area contributed by atoms with Gasteiger partial charge in [0.05, 0.1) is 15.0 Å². The number of nitrogens with zero attached hydrogens (tertiary/aromatic N) is 1. The maximum atomic E-state index is 13.3. The van der Waals surface area contributed by atoms with Crippen molar-refractivity contribution in [2.24, 2.45) is 0 Å². The van der Waals surface area contributed by atoms with E-state index in [0.717, 1.165) is 28.6 Å². The van der Waals surface area contributed by atoms with Gasteiger partial charge in [0.15, 0.2) is 9.84 Å². The molecule has 0 N–H and O–H groups in total. The maximum absolute atomic E-state index is 13.3. The normalized spacial score (nSPS) is 17.1. The van der Waals surface area contributed by atoms with E-state index in [-0.39, 0.29) is 30.8 Å². The van der Waals surface area contributed by atoms with Gasteiger partial charge in [0.2, 0.25) is 10.0 Å². The Morgan fingerprint density at radius 2 is 1.26 bits per heavy atom. The van der Waals surface area contributed by atoms with Crippen LogP contribution in [0.15, 0.2) is 52.3 Å². The molecule has 3 rings (SSSR count). The Morgan fingerprint density at radius 1 is 0.741 bits per heavy atom.